The molecule has 0 aromatic heterocycles. The average Bonchev–Trinajstić information content (AvgIpc) is 2.77. The van der Waals surface area contributed by atoms with Gasteiger partial charge in [-0.1, -0.05) is 32.9 Å². The van der Waals surface area contributed by atoms with E-state index in [1.165, 1.54) is 11.3 Å². The van der Waals surface area contributed by atoms with Crippen molar-refractivity contribution in [1.29, 1.82) is 0 Å². The lowest BCUT2D eigenvalue weighted by molar-refractivity contribution is 0.647. The van der Waals surface area contributed by atoms with E-state index < -0.39 is 0 Å². The molecule has 0 unspecified atom stereocenters. The molecule has 1 aromatic carbocycles. The van der Waals surface area contributed by atoms with Crippen LogP contribution in [0.2, 0.25) is 0 Å². The molecule has 0 saturated carbocycles. The molecule has 3 heteroatoms. The summed E-state index contributed by atoms with van der Waals surface area (Å²) < 4.78 is 0. The minimum absolute atomic E-state index is 0.584. The van der Waals surface area contributed by atoms with Crippen molar-refractivity contribution in [2.24, 2.45) is 0 Å². The van der Waals surface area contributed by atoms with E-state index in [4.69, 9.17) is 0 Å². The smallest absolute Gasteiger partial charge is 0.0589 e. The highest BCUT2D eigenvalue weighted by molar-refractivity contribution is 5.50. The van der Waals surface area contributed by atoms with Crippen LogP contribution in [0.3, 0.4) is 0 Å². The van der Waals surface area contributed by atoms with Crippen molar-refractivity contribution in [2.45, 2.75) is 33.1 Å². The van der Waals surface area contributed by atoms with E-state index >= 15 is 0 Å². The van der Waals surface area contributed by atoms with Crippen LogP contribution in [0.15, 0.2) is 36.2 Å². The van der Waals surface area contributed by atoms with Gasteiger partial charge in [0.1, 0.15) is 0 Å². The van der Waals surface area contributed by atoms with Gasteiger partial charge in [0.15, 0.2) is 0 Å². The molecule has 0 fully saturated rings. The highest BCUT2D eigenvalue weighted by atomic mass is 15.7. The molecular weight excluding hydrogens is 198 g/mol. The molecule has 1 aliphatic heterocycles. The first kappa shape index (κ1) is 11.0. The van der Waals surface area contributed by atoms with E-state index in [1.807, 2.05) is 5.01 Å². The highest BCUT2D eigenvalue weighted by Crippen LogP contribution is 2.20. The third kappa shape index (κ3) is 2.19. The van der Waals surface area contributed by atoms with E-state index in [9.17, 15) is 0 Å². The Morgan fingerprint density at radius 3 is 2.38 bits per heavy atom. The lowest BCUT2D eigenvalue weighted by Gasteiger charge is -2.16. The molecule has 0 atom stereocenters. The number of rotatable bonds is 3. The topological polar surface area (TPSA) is 27.3 Å². The monoisotopic (exact) mass is 217 g/mol. The van der Waals surface area contributed by atoms with E-state index in [0.29, 0.717) is 5.92 Å². The van der Waals surface area contributed by atoms with Crippen LogP contribution in [0.1, 0.15) is 38.7 Å². The predicted octanol–water partition coefficient (Wildman–Crippen LogP) is 2.89. The van der Waals surface area contributed by atoms with Crippen LogP contribution in [-0.2, 0) is 0 Å². The summed E-state index contributed by atoms with van der Waals surface area (Å²) >= 11 is 0. The lowest BCUT2D eigenvalue weighted by Crippen LogP contribution is -2.36. The molecule has 0 aliphatic carbocycles. The summed E-state index contributed by atoms with van der Waals surface area (Å²) in [6.07, 6.45) is 3.10. The summed E-state index contributed by atoms with van der Waals surface area (Å²) in [6.45, 7) is 6.55. The van der Waals surface area contributed by atoms with Gasteiger partial charge in [0, 0.05) is 11.9 Å². The highest BCUT2D eigenvalue weighted by Gasteiger charge is 2.11. The van der Waals surface area contributed by atoms with Crippen LogP contribution in [-0.4, -0.2) is 0 Å². The Balaban J connectivity index is 2.14. The minimum Gasteiger partial charge on any atom is -0.306 e. The van der Waals surface area contributed by atoms with Gasteiger partial charge >= 0.3 is 0 Å². The van der Waals surface area contributed by atoms with Crippen molar-refractivity contribution in [1.82, 2.24) is 11.0 Å². The van der Waals surface area contributed by atoms with Crippen molar-refractivity contribution in [3.63, 3.8) is 0 Å². The fourth-order valence-electron chi connectivity index (χ4n) is 1.69. The number of hydrazine groups is 2. The third-order valence-electron chi connectivity index (χ3n) is 2.84. The van der Waals surface area contributed by atoms with Crippen molar-refractivity contribution in [3.05, 3.63) is 41.7 Å². The van der Waals surface area contributed by atoms with Crippen LogP contribution in [0.5, 0.6) is 0 Å². The van der Waals surface area contributed by atoms with Gasteiger partial charge in [0.2, 0.25) is 0 Å². The lowest BCUT2D eigenvalue weighted by atomic mass is 10.0. The zero-order chi connectivity index (χ0) is 11.5. The zero-order valence-corrected chi connectivity index (χ0v) is 10.1. The van der Waals surface area contributed by atoms with Crippen molar-refractivity contribution >= 4 is 5.69 Å². The molecule has 0 amide bonds. The predicted molar refractivity (Wildman–Crippen MR) is 67.7 cm³/mol. The Bertz CT molecular complexity index is 379. The SMILES string of the molecule is CCC1=CN(c2ccc(C(C)C)cc2)NN1. The maximum Gasteiger partial charge on any atom is 0.0589 e. The Morgan fingerprint density at radius 1 is 1.19 bits per heavy atom. The molecule has 0 saturated heterocycles. The molecule has 86 valence electrons. The summed E-state index contributed by atoms with van der Waals surface area (Å²) in [4.78, 5) is 0. The van der Waals surface area contributed by atoms with E-state index in [0.717, 1.165) is 12.1 Å². The largest absolute Gasteiger partial charge is 0.306 e. The van der Waals surface area contributed by atoms with Gasteiger partial charge in [-0.15, -0.1) is 5.53 Å². The molecule has 0 spiro atoms. The van der Waals surface area contributed by atoms with Crippen LogP contribution in [0.4, 0.5) is 5.69 Å². The Hall–Kier alpha value is -1.48. The first-order valence-corrected chi connectivity index (χ1v) is 5.82. The summed E-state index contributed by atoms with van der Waals surface area (Å²) in [7, 11) is 0. The average molecular weight is 217 g/mol. The molecule has 2 rings (SSSR count). The van der Waals surface area contributed by atoms with Crippen LogP contribution in [0, 0.1) is 0 Å². The normalized spacial score (nSPS) is 15.2. The first-order chi connectivity index (χ1) is 7.70. The van der Waals surface area contributed by atoms with Gasteiger partial charge in [0.05, 0.1) is 5.69 Å². The van der Waals surface area contributed by atoms with Crippen molar-refractivity contribution in [2.75, 3.05) is 5.01 Å². The standard InChI is InChI=1S/C13H19N3/c1-4-12-9-16(15-14-12)13-7-5-11(6-8-13)10(2)3/h5-10,14-15H,4H2,1-3H3. The Kier molecular flexibility index (Phi) is 3.15. The molecule has 1 heterocycles. The van der Waals surface area contributed by atoms with Crippen molar-refractivity contribution in [3.8, 4) is 0 Å². The minimum atomic E-state index is 0.584. The number of anilines is 1. The van der Waals surface area contributed by atoms with Gasteiger partial charge in [-0.2, -0.15) is 0 Å². The molecule has 0 bridgehead atoms. The van der Waals surface area contributed by atoms with Crippen LogP contribution in [0.25, 0.3) is 0 Å². The Morgan fingerprint density at radius 2 is 1.88 bits per heavy atom. The number of nitrogens with zero attached hydrogens (tertiary/aromatic N) is 1. The zero-order valence-electron chi connectivity index (χ0n) is 10.1. The van der Waals surface area contributed by atoms with Gasteiger partial charge in [0.25, 0.3) is 0 Å². The molecule has 0 radical (unpaired) electrons. The summed E-state index contributed by atoms with van der Waals surface area (Å²) in [5.74, 6) is 0.584. The first-order valence-electron chi connectivity index (χ1n) is 5.82. The number of hydrogen-bond donors (Lipinski definition) is 2. The summed E-state index contributed by atoms with van der Waals surface area (Å²) in [6, 6.07) is 8.64. The van der Waals surface area contributed by atoms with Crippen LogP contribution < -0.4 is 16.0 Å². The molecule has 3 nitrogen and oxygen atoms in total. The number of hydrogen-bond acceptors (Lipinski definition) is 3. The summed E-state index contributed by atoms with van der Waals surface area (Å²) in [5, 5.41) is 2.00. The number of allylic oxidation sites excluding steroid dienone is 1. The molecule has 1 aliphatic rings. The second-order valence-corrected chi connectivity index (χ2v) is 4.36. The number of benzene rings is 1. The quantitative estimate of drug-likeness (QED) is 0.815. The fourth-order valence-corrected chi connectivity index (χ4v) is 1.69. The summed E-state index contributed by atoms with van der Waals surface area (Å²) in [5.41, 5.74) is 9.97. The molecule has 1 aromatic rings. The van der Waals surface area contributed by atoms with Crippen LogP contribution >= 0.6 is 0 Å². The molecule has 16 heavy (non-hydrogen) atoms. The fraction of sp³-hybridized carbons (Fsp3) is 0.385. The third-order valence-corrected chi connectivity index (χ3v) is 2.84. The molecular formula is C13H19N3. The second-order valence-electron chi connectivity index (χ2n) is 4.36. The van der Waals surface area contributed by atoms with Gasteiger partial charge in [-0.05, 0) is 30.0 Å². The van der Waals surface area contributed by atoms with E-state index in [-0.39, 0.29) is 0 Å². The molecule has 2 N–H and O–H groups in total. The van der Waals surface area contributed by atoms with E-state index in [2.05, 4.69) is 62.2 Å². The van der Waals surface area contributed by atoms with Crippen molar-refractivity contribution < 1.29 is 0 Å². The Labute approximate surface area is 97.1 Å². The van der Waals surface area contributed by atoms with Gasteiger partial charge in [-0.3, -0.25) is 5.01 Å². The maximum atomic E-state index is 3.13. The van der Waals surface area contributed by atoms with E-state index in [1.54, 1.807) is 0 Å². The number of nitrogens with one attached hydrogen (secondary N) is 2. The maximum absolute atomic E-state index is 3.13. The van der Waals surface area contributed by atoms with Gasteiger partial charge in [-0.25, -0.2) is 0 Å². The second kappa shape index (κ2) is 4.58. The van der Waals surface area contributed by atoms with Gasteiger partial charge < -0.3 is 5.43 Å².